The molecule has 1 rings (SSSR count). The Morgan fingerprint density at radius 1 is 1.24 bits per heavy atom. The number of amides is 1. The normalized spacial score (nSPS) is 12.4. The van der Waals surface area contributed by atoms with E-state index in [-0.39, 0.29) is 12.2 Å². The van der Waals surface area contributed by atoms with E-state index >= 15 is 0 Å². The Balaban J connectivity index is 2.88. The molecule has 3 N–H and O–H groups in total. The van der Waals surface area contributed by atoms with Gasteiger partial charge in [0.15, 0.2) is 0 Å². The molecule has 0 heterocycles. The van der Waals surface area contributed by atoms with Crippen molar-refractivity contribution in [3.05, 3.63) is 23.8 Å². The SMILES string of the molecule is CCN(CC)c1ccc(CC(NC(=O)OC(C)(C)C)C(=O)O)c(O)c1. The van der Waals surface area contributed by atoms with Crippen LogP contribution in [0.25, 0.3) is 0 Å². The minimum absolute atomic E-state index is 0.00152. The molecule has 0 saturated heterocycles. The summed E-state index contributed by atoms with van der Waals surface area (Å²) in [5.74, 6) is -1.19. The zero-order valence-corrected chi connectivity index (χ0v) is 15.5. The lowest BCUT2D eigenvalue weighted by Gasteiger charge is -2.23. The van der Waals surface area contributed by atoms with Crippen LogP contribution >= 0.6 is 0 Å². The second kappa shape index (κ2) is 8.60. The Morgan fingerprint density at radius 2 is 1.84 bits per heavy atom. The first kappa shape index (κ1) is 20.6. The number of carbonyl (C=O) groups is 2. The Morgan fingerprint density at radius 3 is 2.28 bits per heavy atom. The second-order valence-electron chi connectivity index (χ2n) is 6.73. The van der Waals surface area contributed by atoms with Crippen molar-refractivity contribution in [3.8, 4) is 5.75 Å². The van der Waals surface area contributed by atoms with Gasteiger partial charge < -0.3 is 25.2 Å². The number of hydrogen-bond acceptors (Lipinski definition) is 5. The Hall–Kier alpha value is -2.44. The fraction of sp³-hybridized carbons (Fsp3) is 0.556. The molecule has 1 unspecified atom stereocenters. The number of phenols is 1. The van der Waals surface area contributed by atoms with Crippen molar-refractivity contribution in [2.75, 3.05) is 18.0 Å². The van der Waals surface area contributed by atoms with Crippen molar-refractivity contribution in [2.45, 2.75) is 52.7 Å². The molecule has 0 aliphatic rings. The van der Waals surface area contributed by atoms with E-state index in [1.807, 2.05) is 19.9 Å². The van der Waals surface area contributed by atoms with Crippen LogP contribution < -0.4 is 10.2 Å². The smallest absolute Gasteiger partial charge is 0.408 e. The summed E-state index contributed by atoms with van der Waals surface area (Å²) < 4.78 is 5.08. The third kappa shape index (κ3) is 6.52. The van der Waals surface area contributed by atoms with Gasteiger partial charge in [0.2, 0.25) is 0 Å². The maximum Gasteiger partial charge on any atom is 0.408 e. The van der Waals surface area contributed by atoms with Gasteiger partial charge in [0, 0.05) is 31.3 Å². The number of anilines is 1. The molecule has 0 fully saturated rings. The lowest BCUT2D eigenvalue weighted by molar-refractivity contribution is -0.139. The predicted octanol–water partition coefficient (Wildman–Crippen LogP) is 2.76. The number of aliphatic carboxylic acids is 1. The monoisotopic (exact) mass is 352 g/mol. The topological polar surface area (TPSA) is 99.1 Å². The van der Waals surface area contributed by atoms with E-state index in [4.69, 9.17) is 4.74 Å². The molecular formula is C18H28N2O5. The maximum absolute atomic E-state index is 11.8. The van der Waals surface area contributed by atoms with Crippen LogP contribution in [0.3, 0.4) is 0 Å². The summed E-state index contributed by atoms with van der Waals surface area (Å²) in [6.45, 7) is 10.7. The molecule has 1 aromatic carbocycles. The van der Waals surface area contributed by atoms with E-state index in [0.29, 0.717) is 5.56 Å². The number of carbonyl (C=O) groups excluding carboxylic acids is 1. The van der Waals surface area contributed by atoms with Crippen molar-refractivity contribution >= 4 is 17.7 Å². The quantitative estimate of drug-likeness (QED) is 0.698. The highest BCUT2D eigenvalue weighted by molar-refractivity contribution is 5.80. The van der Waals surface area contributed by atoms with Gasteiger partial charge in [-0.15, -0.1) is 0 Å². The number of ether oxygens (including phenoxy) is 1. The number of phenolic OH excluding ortho intramolecular Hbond substituents is 1. The molecule has 1 aromatic rings. The van der Waals surface area contributed by atoms with E-state index < -0.39 is 23.7 Å². The highest BCUT2D eigenvalue weighted by Gasteiger charge is 2.25. The number of benzene rings is 1. The zero-order valence-electron chi connectivity index (χ0n) is 15.5. The van der Waals surface area contributed by atoms with Gasteiger partial charge in [-0.2, -0.15) is 0 Å². The summed E-state index contributed by atoms with van der Waals surface area (Å²) in [4.78, 5) is 25.3. The van der Waals surface area contributed by atoms with Gasteiger partial charge in [0.1, 0.15) is 17.4 Å². The molecule has 140 valence electrons. The lowest BCUT2D eigenvalue weighted by atomic mass is 10.0. The van der Waals surface area contributed by atoms with Crippen LogP contribution in [0.1, 0.15) is 40.2 Å². The van der Waals surface area contributed by atoms with Crippen LogP contribution in [0.15, 0.2) is 18.2 Å². The number of hydrogen-bond donors (Lipinski definition) is 3. The van der Waals surface area contributed by atoms with Gasteiger partial charge in [0.25, 0.3) is 0 Å². The molecule has 7 heteroatoms. The molecule has 0 radical (unpaired) electrons. The van der Waals surface area contributed by atoms with Gasteiger partial charge in [-0.05, 0) is 46.2 Å². The summed E-state index contributed by atoms with van der Waals surface area (Å²) in [6, 6.07) is 3.92. The van der Waals surface area contributed by atoms with Gasteiger partial charge in [0.05, 0.1) is 0 Å². The van der Waals surface area contributed by atoms with Crippen molar-refractivity contribution in [3.63, 3.8) is 0 Å². The van der Waals surface area contributed by atoms with Crippen LogP contribution in [-0.2, 0) is 16.0 Å². The largest absolute Gasteiger partial charge is 0.508 e. The number of carboxylic acids is 1. The molecule has 1 amide bonds. The molecule has 1 atom stereocenters. The first-order valence-corrected chi connectivity index (χ1v) is 8.36. The number of nitrogens with zero attached hydrogens (tertiary/aromatic N) is 1. The van der Waals surface area contributed by atoms with Gasteiger partial charge in [-0.1, -0.05) is 6.07 Å². The molecule has 0 bridgehead atoms. The predicted molar refractivity (Wildman–Crippen MR) is 96.2 cm³/mol. The third-order valence-corrected chi connectivity index (χ3v) is 3.61. The summed E-state index contributed by atoms with van der Waals surface area (Å²) in [6.07, 6.45) is -0.849. The molecule has 7 nitrogen and oxygen atoms in total. The highest BCUT2D eigenvalue weighted by Crippen LogP contribution is 2.26. The van der Waals surface area contributed by atoms with E-state index in [2.05, 4.69) is 10.2 Å². The summed E-state index contributed by atoms with van der Waals surface area (Å²) in [7, 11) is 0. The maximum atomic E-state index is 11.8. The number of alkyl carbamates (subject to hydrolysis) is 1. The van der Waals surface area contributed by atoms with Gasteiger partial charge in [-0.3, -0.25) is 0 Å². The number of nitrogens with one attached hydrogen (secondary N) is 1. The van der Waals surface area contributed by atoms with E-state index in [1.54, 1.807) is 32.9 Å². The average Bonchev–Trinajstić information content (AvgIpc) is 2.48. The van der Waals surface area contributed by atoms with Crippen LogP contribution in [0, 0.1) is 0 Å². The van der Waals surface area contributed by atoms with Crippen LogP contribution in [0.5, 0.6) is 5.75 Å². The summed E-state index contributed by atoms with van der Waals surface area (Å²) in [5, 5.41) is 21.9. The van der Waals surface area contributed by atoms with Gasteiger partial charge >= 0.3 is 12.1 Å². The van der Waals surface area contributed by atoms with Crippen LogP contribution in [0.2, 0.25) is 0 Å². The van der Waals surface area contributed by atoms with Crippen molar-refractivity contribution in [1.82, 2.24) is 5.32 Å². The van der Waals surface area contributed by atoms with Crippen molar-refractivity contribution < 1.29 is 24.5 Å². The zero-order chi connectivity index (χ0) is 19.2. The van der Waals surface area contributed by atoms with E-state index in [1.165, 1.54) is 0 Å². The fourth-order valence-corrected chi connectivity index (χ4v) is 2.38. The third-order valence-electron chi connectivity index (χ3n) is 3.61. The standard InChI is InChI=1S/C18H28N2O5/c1-6-20(7-2)13-9-8-12(15(21)11-13)10-14(16(22)23)19-17(24)25-18(3,4)5/h8-9,11,14,21H,6-7,10H2,1-5H3,(H,19,24)(H,22,23). The Labute approximate surface area is 148 Å². The number of aromatic hydroxyl groups is 1. The second-order valence-corrected chi connectivity index (χ2v) is 6.73. The average molecular weight is 352 g/mol. The molecule has 25 heavy (non-hydrogen) atoms. The Kier molecular flexibility index (Phi) is 7.09. The first-order valence-electron chi connectivity index (χ1n) is 8.36. The van der Waals surface area contributed by atoms with Crippen LogP contribution in [-0.4, -0.2) is 47.0 Å². The molecule has 0 aromatic heterocycles. The van der Waals surface area contributed by atoms with E-state index in [0.717, 1.165) is 18.8 Å². The molecule has 0 saturated carbocycles. The minimum Gasteiger partial charge on any atom is -0.508 e. The fourth-order valence-electron chi connectivity index (χ4n) is 2.38. The van der Waals surface area contributed by atoms with Gasteiger partial charge in [-0.25, -0.2) is 9.59 Å². The Bertz CT molecular complexity index is 606. The first-order chi connectivity index (χ1) is 11.6. The number of carboxylic acid groups (broad SMARTS) is 1. The minimum atomic E-state index is -1.20. The highest BCUT2D eigenvalue weighted by atomic mass is 16.6. The number of rotatable bonds is 7. The van der Waals surface area contributed by atoms with Crippen molar-refractivity contribution in [1.29, 1.82) is 0 Å². The lowest BCUT2D eigenvalue weighted by Crippen LogP contribution is -2.44. The summed E-state index contributed by atoms with van der Waals surface area (Å²) >= 11 is 0. The van der Waals surface area contributed by atoms with E-state index in [9.17, 15) is 19.8 Å². The van der Waals surface area contributed by atoms with Crippen molar-refractivity contribution in [2.24, 2.45) is 0 Å². The van der Waals surface area contributed by atoms with Crippen LogP contribution in [0.4, 0.5) is 10.5 Å². The molecule has 0 aliphatic heterocycles. The molecular weight excluding hydrogens is 324 g/mol. The molecule has 0 spiro atoms. The summed E-state index contributed by atoms with van der Waals surface area (Å²) in [5.41, 5.74) is 0.582. The molecule has 0 aliphatic carbocycles.